The molecule has 3 N–H and O–H groups in total. The van der Waals surface area contributed by atoms with Gasteiger partial charge in [0.1, 0.15) is 6.04 Å². The Morgan fingerprint density at radius 3 is 2.65 bits per heavy atom. The van der Waals surface area contributed by atoms with Crippen LogP contribution in [0.25, 0.3) is 0 Å². The zero-order chi connectivity index (χ0) is 15.1. The number of ether oxygens (including phenoxy) is 1. The molecule has 7 heteroatoms. The molecule has 1 unspecified atom stereocenters. The van der Waals surface area contributed by atoms with E-state index in [1.165, 1.54) is 17.6 Å². The molecule has 0 aliphatic heterocycles. The standard InChI is InChI=1S/C13H20N2O4S/c1-8-6-10(20-9(8)2)7-14-13(18)15-11(12(16)17)4-5-19-3/h6,11H,4-5,7H2,1-3H3,(H,16,17)(H2,14,15,18). The van der Waals surface area contributed by atoms with E-state index in [-0.39, 0.29) is 13.0 Å². The van der Waals surface area contributed by atoms with Crippen LogP contribution in [0, 0.1) is 13.8 Å². The molecule has 112 valence electrons. The van der Waals surface area contributed by atoms with Crippen molar-refractivity contribution in [3.05, 3.63) is 21.4 Å². The number of hydrogen-bond donors (Lipinski definition) is 3. The van der Waals surface area contributed by atoms with Crippen LogP contribution in [0.15, 0.2) is 6.07 Å². The number of thiophene rings is 1. The number of methoxy groups -OCH3 is 1. The largest absolute Gasteiger partial charge is 0.480 e. The van der Waals surface area contributed by atoms with E-state index < -0.39 is 18.0 Å². The average Bonchev–Trinajstić information content (AvgIpc) is 2.71. The number of carboxylic acids is 1. The van der Waals surface area contributed by atoms with E-state index in [9.17, 15) is 9.59 Å². The van der Waals surface area contributed by atoms with Gasteiger partial charge in [-0.25, -0.2) is 9.59 Å². The molecule has 1 rings (SSSR count). The van der Waals surface area contributed by atoms with E-state index in [0.717, 1.165) is 4.88 Å². The second kappa shape index (κ2) is 7.86. The van der Waals surface area contributed by atoms with Crippen molar-refractivity contribution < 1.29 is 19.4 Å². The summed E-state index contributed by atoms with van der Waals surface area (Å²) in [4.78, 5) is 24.9. The SMILES string of the molecule is COCCC(NC(=O)NCc1cc(C)c(C)s1)C(=O)O. The van der Waals surface area contributed by atoms with Gasteiger partial charge in [0.25, 0.3) is 0 Å². The van der Waals surface area contributed by atoms with E-state index in [0.29, 0.717) is 6.54 Å². The van der Waals surface area contributed by atoms with Crippen LogP contribution in [0.3, 0.4) is 0 Å². The number of aliphatic carboxylic acids is 1. The molecule has 0 radical (unpaired) electrons. The van der Waals surface area contributed by atoms with Crippen LogP contribution in [0.4, 0.5) is 4.79 Å². The minimum Gasteiger partial charge on any atom is -0.480 e. The molecule has 0 aromatic carbocycles. The van der Waals surface area contributed by atoms with Gasteiger partial charge in [0, 0.05) is 29.9 Å². The van der Waals surface area contributed by atoms with Crippen LogP contribution >= 0.6 is 11.3 Å². The molecular formula is C13H20N2O4S. The van der Waals surface area contributed by atoms with Crippen LogP contribution in [0.2, 0.25) is 0 Å². The van der Waals surface area contributed by atoms with E-state index in [1.54, 1.807) is 11.3 Å². The minimum atomic E-state index is -1.07. The topological polar surface area (TPSA) is 87.7 Å². The predicted molar refractivity (Wildman–Crippen MR) is 77.1 cm³/mol. The highest BCUT2D eigenvalue weighted by atomic mass is 32.1. The highest BCUT2D eigenvalue weighted by Gasteiger charge is 2.19. The molecular weight excluding hydrogens is 280 g/mol. The third-order valence-electron chi connectivity index (χ3n) is 2.85. The second-order valence-electron chi connectivity index (χ2n) is 4.45. The summed E-state index contributed by atoms with van der Waals surface area (Å²) in [5.41, 5.74) is 1.19. The zero-order valence-corrected chi connectivity index (χ0v) is 12.7. The summed E-state index contributed by atoms with van der Waals surface area (Å²) in [5, 5.41) is 14.1. The molecule has 20 heavy (non-hydrogen) atoms. The number of nitrogens with one attached hydrogen (secondary N) is 2. The van der Waals surface area contributed by atoms with Crippen molar-refractivity contribution in [2.45, 2.75) is 32.9 Å². The Morgan fingerprint density at radius 1 is 1.45 bits per heavy atom. The molecule has 1 aromatic rings. The van der Waals surface area contributed by atoms with Crippen LogP contribution < -0.4 is 10.6 Å². The van der Waals surface area contributed by atoms with Crippen molar-refractivity contribution >= 4 is 23.3 Å². The number of carbonyl (C=O) groups is 2. The Morgan fingerprint density at radius 2 is 2.15 bits per heavy atom. The normalized spacial score (nSPS) is 11.9. The van der Waals surface area contributed by atoms with E-state index in [4.69, 9.17) is 9.84 Å². The van der Waals surface area contributed by atoms with Crippen LogP contribution in [-0.2, 0) is 16.1 Å². The quantitative estimate of drug-likeness (QED) is 0.714. The summed E-state index contributed by atoms with van der Waals surface area (Å²) in [5.74, 6) is -1.07. The van der Waals surface area contributed by atoms with Gasteiger partial charge in [-0.2, -0.15) is 0 Å². The summed E-state index contributed by atoms with van der Waals surface area (Å²) in [6.07, 6.45) is 0.233. The van der Waals surface area contributed by atoms with Crippen LogP contribution in [0.1, 0.15) is 21.7 Å². The summed E-state index contributed by atoms with van der Waals surface area (Å²) in [6, 6.07) is 0.582. The highest BCUT2D eigenvalue weighted by Crippen LogP contribution is 2.20. The zero-order valence-electron chi connectivity index (χ0n) is 11.9. The molecule has 0 spiro atoms. The fraction of sp³-hybridized carbons (Fsp3) is 0.538. The number of aryl methyl sites for hydroxylation is 2. The first kappa shape index (κ1) is 16.5. The summed E-state index contributed by atoms with van der Waals surface area (Å²) in [6.45, 7) is 4.71. The lowest BCUT2D eigenvalue weighted by molar-refractivity contribution is -0.139. The summed E-state index contributed by atoms with van der Waals surface area (Å²) < 4.78 is 4.82. The van der Waals surface area contributed by atoms with Gasteiger partial charge in [-0.1, -0.05) is 0 Å². The van der Waals surface area contributed by atoms with Crippen LogP contribution in [0.5, 0.6) is 0 Å². The molecule has 2 amide bonds. The maximum atomic E-state index is 11.7. The number of urea groups is 1. The molecule has 6 nitrogen and oxygen atoms in total. The van der Waals surface area contributed by atoms with Crippen molar-refractivity contribution in [2.75, 3.05) is 13.7 Å². The van der Waals surface area contributed by atoms with Gasteiger partial charge >= 0.3 is 12.0 Å². The number of carboxylic acid groups (broad SMARTS) is 1. The first-order chi connectivity index (χ1) is 9.43. The Balaban J connectivity index is 2.43. The molecule has 1 heterocycles. The van der Waals surface area contributed by atoms with Crippen molar-refractivity contribution in [2.24, 2.45) is 0 Å². The average molecular weight is 300 g/mol. The third kappa shape index (κ3) is 5.18. The van der Waals surface area contributed by atoms with Gasteiger partial charge in [-0.05, 0) is 25.5 Å². The Hall–Kier alpha value is -1.60. The molecule has 1 aromatic heterocycles. The lowest BCUT2D eigenvalue weighted by Crippen LogP contribution is -2.46. The first-order valence-electron chi connectivity index (χ1n) is 6.26. The lowest BCUT2D eigenvalue weighted by Gasteiger charge is -2.14. The Bertz CT molecular complexity index is 453. The van der Waals surface area contributed by atoms with Gasteiger partial charge in [-0.15, -0.1) is 11.3 Å². The fourth-order valence-electron chi connectivity index (χ4n) is 1.61. The second-order valence-corrected chi connectivity index (χ2v) is 5.79. The van der Waals surface area contributed by atoms with Crippen molar-refractivity contribution in [3.63, 3.8) is 0 Å². The highest BCUT2D eigenvalue weighted by molar-refractivity contribution is 7.12. The predicted octanol–water partition coefficient (Wildman–Crippen LogP) is 1.65. The fourth-order valence-corrected chi connectivity index (χ4v) is 2.60. The minimum absolute atomic E-state index is 0.233. The first-order valence-corrected chi connectivity index (χ1v) is 7.07. The van der Waals surface area contributed by atoms with E-state index in [1.807, 2.05) is 19.9 Å². The van der Waals surface area contributed by atoms with E-state index in [2.05, 4.69) is 10.6 Å². The van der Waals surface area contributed by atoms with Gasteiger partial charge in [-0.3, -0.25) is 0 Å². The number of rotatable bonds is 7. The van der Waals surface area contributed by atoms with Gasteiger partial charge < -0.3 is 20.5 Å². The summed E-state index contributed by atoms with van der Waals surface area (Å²) in [7, 11) is 1.49. The monoisotopic (exact) mass is 300 g/mol. The molecule has 1 atom stereocenters. The number of amides is 2. The molecule has 0 bridgehead atoms. The molecule has 0 saturated heterocycles. The molecule has 0 aliphatic rings. The van der Waals surface area contributed by atoms with Crippen molar-refractivity contribution in [3.8, 4) is 0 Å². The van der Waals surface area contributed by atoms with E-state index >= 15 is 0 Å². The smallest absolute Gasteiger partial charge is 0.326 e. The Labute approximate surface area is 122 Å². The van der Waals surface area contributed by atoms with Gasteiger partial charge in [0.2, 0.25) is 0 Å². The third-order valence-corrected chi connectivity index (χ3v) is 4.01. The Kier molecular flexibility index (Phi) is 6.47. The van der Waals surface area contributed by atoms with Gasteiger partial charge in [0.15, 0.2) is 0 Å². The molecule has 0 fully saturated rings. The maximum absolute atomic E-state index is 11.7. The van der Waals surface area contributed by atoms with Crippen LogP contribution in [-0.4, -0.2) is 36.9 Å². The molecule has 0 saturated carbocycles. The van der Waals surface area contributed by atoms with Crippen molar-refractivity contribution in [1.29, 1.82) is 0 Å². The number of hydrogen-bond acceptors (Lipinski definition) is 4. The maximum Gasteiger partial charge on any atom is 0.326 e. The lowest BCUT2D eigenvalue weighted by atomic mass is 10.2. The molecule has 0 aliphatic carbocycles. The number of carbonyl (C=O) groups excluding carboxylic acids is 1. The van der Waals surface area contributed by atoms with Crippen molar-refractivity contribution in [1.82, 2.24) is 10.6 Å². The summed E-state index contributed by atoms with van der Waals surface area (Å²) >= 11 is 1.62. The van der Waals surface area contributed by atoms with Gasteiger partial charge in [0.05, 0.1) is 6.54 Å².